The van der Waals surface area contributed by atoms with Crippen LogP contribution in [0, 0.1) is 0 Å². The average Bonchev–Trinajstić information content (AvgIpc) is 2.32. The summed E-state index contributed by atoms with van der Waals surface area (Å²) in [5, 5.41) is 0. The standard InChI is InChI=1S/C15H19F/c1-2-3-12-4-6-13(7-5-12)14-8-10-15(16)11-9-14/h2-7,14-15H,8-11H2,1H3/b3-2-. The van der Waals surface area contributed by atoms with Gasteiger partial charge in [0.1, 0.15) is 6.17 Å². The van der Waals surface area contributed by atoms with E-state index in [2.05, 4.69) is 30.3 Å². The number of alkyl halides is 1. The van der Waals surface area contributed by atoms with Gasteiger partial charge in [-0.15, -0.1) is 0 Å². The van der Waals surface area contributed by atoms with Crippen molar-refractivity contribution < 1.29 is 4.39 Å². The zero-order valence-corrected chi connectivity index (χ0v) is 9.83. The van der Waals surface area contributed by atoms with Crippen molar-refractivity contribution in [2.24, 2.45) is 0 Å². The van der Waals surface area contributed by atoms with Gasteiger partial charge in [-0.05, 0) is 49.7 Å². The Bertz CT molecular complexity index is 342. The number of halogens is 1. The summed E-state index contributed by atoms with van der Waals surface area (Å²) >= 11 is 0. The number of hydrogen-bond donors (Lipinski definition) is 0. The molecule has 0 radical (unpaired) electrons. The molecule has 0 spiro atoms. The molecule has 86 valence electrons. The molecule has 0 bridgehead atoms. The topological polar surface area (TPSA) is 0 Å². The van der Waals surface area contributed by atoms with Gasteiger partial charge in [-0.2, -0.15) is 0 Å². The van der Waals surface area contributed by atoms with Gasteiger partial charge in [0.2, 0.25) is 0 Å². The van der Waals surface area contributed by atoms with Crippen molar-refractivity contribution in [2.45, 2.75) is 44.7 Å². The van der Waals surface area contributed by atoms with Crippen LogP contribution >= 0.6 is 0 Å². The highest BCUT2D eigenvalue weighted by Crippen LogP contribution is 2.34. The van der Waals surface area contributed by atoms with E-state index in [1.807, 2.05) is 13.0 Å². The molecule has 1 aromatic carbocycles. The Kier molecular flexibility index (Phi) is 3.76. The molecular weight excluding hydrogens is 199 g/mol. The van der Waals surface area contributed by atoms with Gasteiger partial charge in [-0.1, -0.05) is 36.4 Å². The quantitative estimate of drug-likeness (QED) is 0.674. The lowest BCUT2D eigenvalue weighted by Crippen LogP contribution is -2.13. The number of allylic oxidation sites excluding steroid dienone is 1. The number of rotatable bonds is 2. The molecule has 16 heavy (non-hydrogen) atoms. The van der Waals surface area contributed by atoms with Crippen molar-refractivity contribution in [1.29, 1.82) is 0 Å². The van der Waals surface area contributed by atoms with Crippen LogP contribution in [0.2, 0.25) is 0 Å². The summed E-state index contributed by atoms with van der Waals surface area (Å²) in [7, 11) is 0. The van der Waals surface area contributed by atoms with Crippen LogP contribution in [0.25, 0.3) is 6.08 Å². The molecule has 1 aliphatic carbocycles. The maximum atomic E-state index is 13.0. The van der Waals surface area contributed by atoms with Gasteiger partial charge in [0.25, 0.3) is 0 Å². The van der Waals surface area contributed by atoms with Gasteiger partial charge < -0.3 is 0 Å². The first-order valence-electron chi connectivity index (χ1n) is 6.16. The third kappa shape index (κ3) is 2.72. The molecule has 1 aliphatic rings. The van der Waals surface area contributed by atoms with E-state index in [1.54, 1.807) is 0 Å². The largest absolute Gasteiger partial charge is 0.247 e. The molecular formula is C15H19F. The summed E-state index contributed by atoms with van der Waals surface area (Å²) in [5.74, 6) is 0.576. The van der Waals surface area contributed by atoms with E-state index in [-0.39, 0.29) is 0 Å². The molecule has 0 amide bonds. The lowest BCUT2D eigenvalue weighted by atomic mass is 9.83. The van der Waals surface area contributed by atoms with E-state index in [0.717, 1.165) is 25.7 Å². The molecule has 1 aromatic rings. The van der Waals surface area contributed by atoms with Crippen LogP contribution in [-0.2, 0) is 0 Å². The molecule has 0 unspecified atom stereocenters. The summed E-state index contributed by atoms with van der Waals surface area (Å²) in [5.41, 5.74) is 2.62. The van der Waals surface area contributed by atoms with E-state index in [1.165, 1.54) is 11.1 Å². The number of hydrogen-bond acceptors (Lipinski definition) is 0. The Morgan fingerprint density at radius 3 is 2.25 bits per heavy atom. The van der Waals surface area contributed by atoms with Crippen molar-refractivity contribution >= 4 is 6.08 Å². The van der Waals surface area contributed by atoms with E-state index in [4.69, 9.17) is 0 Å². The molecule has 1 saturated carbocycles. The highest BCUT2D eigenvalue weighted by molar-refractivity contribution is 5.49. The monoisotopic (exact) mass is 218 g/mol. The minimum absolute atomic E-state index is 0.557. The van der Waals surface area contributed by atoms with Crippen LogP contribution in [0.4, 0.5) is 4.39 Å². The Balaban J connectivity index is 2.04. The van der Waals surface area contributed by atoms with Crippen molar-refractivity contribution in [3.8, 4) is 0 Å². The molecule has 0 N–H and O–H groups in total. The lowest BCUT2D eigenvalue weighted by Gasteiger charge is -2.24. The highest BCUT2D eigenvalue weighted by atomic mass is 19.1. The zero-order valence-electron chi connectivity index (χ0n) is 9.83. The molecule has 2 rings (SSSR count). The zero-order chi connectivity index (χ0) is 11.4. The molecule has 0 aliphatic heterocycles. The Morgan fingerprint density at radius 2 is 1.69 bits per heavy atom. The lowest BCUT2D eigenvalue weighted by molar-refractivity contribution is 0.235. The average molecular weight is 218 g/mol. The van der Waals surface area contributed by atoms with E-state index < -0.39 is 6.17 Å². The first-order valence-corrected chi connectivity index (χ1v) is 6.16. The maximum Gasteiger partial charge on any atom is 0.100 e. The minimum atomic E-state index is -0.557. The molecule has 0 atom stereocenters. The highest BCUT2D eigenvalue weighted by Gasteiger charge is 2.21. The van der Waals surface area contributed by atoms with Crippen molar-refractivity contribution in [1.82, 2.24) is 0 Å². The first kappa shape index (κ1) is 11.4. The van der Waals surface area contributed by atoms with Gasteiger partial charge in [-0.25, -0.2) is 4.39 Å². The Labute approximate surface area is 97.2 Å². The van der Waals surface area contributed by atoms with Crippen LogP contribution in [0.5, 0.6) is 0 Å². The summed E-state index contributed by atoms with van der Waals surface area (Å²) in [6.45, 7) is 2.02. The molecule has 0 aromatic heterocycles. The van der Waals surface area contributed by atoms with Gasteiger partial charge in [0.05, 0.1) is 0 Å². The summed E-state index contributed by atoms with van der Waals surface area (Å²) < 4.78 is 13.0. The molecule has 0 heterocycles. The summed E-state index contributed by atoms with van der Waals surface area (Å²) in [6.07, 6.45) is 7.07. The van der Waals surface area contributed by atoms with Crippen LogP contribution < -0.4 is 0 Å². The van der Waals surface area contributed by atoms with Crippen LogP contribution in [0.3, 0.4) is 0 Å². The minimum Gasteiger partial charge on any atom is -0.247 e. The molecule has 1 fully saturated rings. The summed E-state index contributed by atoms with van der Waals surface area (Å²) in [6, 6.07) is 8.69. The van der Waals surface area contributed by atoms with Gasteiger partial charge in [-0.3, -0.25) is 0 Å². The van der Waals surface area contributed by atoms with Crippen LogP contribution in [-0.4, -0.2) is 6.17 Å². The van der Waals surface area contributed by atoms with Crippen LogP contribution in [0.15, 0.2) is 30.3 Å². The Morgan fingerprint density at radius 1 is 1.06 bits per heavy atom. The van der Waals surface area contributed by atoms with E-state index in [9.17, 15) is 4.39 Å². The van der Waals surface area contributed by atoms with Crippen molar-refractivity contribution in [3.05, 3.63) is 41.5 Å². The van der Waals surface area contributed by atoms with Gasteiger partial charge in [0.15, 0.2) is 0 Å². The maximum absolute atomic E-state index is 13.0. The first-order chi connectivity index (χ1) is 7.79. The molecule has 0 nitrogen and oxygen atoms in total. The summed E-state index contributed by atoms with van der Waals surface area (Å²) in [4.78, 5) is 0. The predicted molar refractivity (Wildman–Crippen MR) is 67.3 cm³/mol. The smallest absolute Gasteiger partial charge is 0.100 e. The Hall–Kier alpha value is -1.11. The third-order valence-corrected chi connectivity index (χ3v) is 3.42. The third-order valence-electron chi connectivity index (χ3n) is 3.42. The fraction of sp³-hybridized carbons (Fsp3) is 0.467. The molecule has 1 heteroatoms. The van der Waals surface area contributed by atoms with Gasteiger partial charge >= 0.3 is 0 Å². The van der Waals surface area contributed by atoms with Crippen LogP contribution in [0.1, 0.15) is 49.7 Å². The second kappa shape index (κ2) is 5.29. The van der Waals surface area contributed by atoms with E-state index in [0.29, 0.717) is 5.92 Å². The fourth-order valence-corrected chi connectivity index (χ4v) is 2.46. The normalized spacial score (nSPS) is 26.1. The van der Waals surface area contributed by atoms with Crippen molar-refractivity contribution in [2.75, 3.05) is 0 Å². The molecule has 0 saturated heterocycles. The van der Waals surface area contributed by atoms with E-state index >= 15 is 0 Å². The predicted octanol–water partition coefficient (Wildman–Crippen LogP) is 4.72. The second-order valence-electron chi connectivity index (χ2n) is 4.62. The SMILES string of the molecule is C/C=C\c1ccc(C2CCC(F)CC2)cc1. The van der Waals surface area contributed by atoms with Gasteiger partial charge in [0, 0.05) is 0 Å². The van der Waals surface area contributed by atoms with Crippen molar-refractivity contribution in [3.63, 3.8) is 0 Å². The second-order valence-corrected chi connectivity index (χ2v) is 4.62. The fourth-order valence-electron chi connectivity index (χ4n) is 2.46. The number of benzene rings is 1.